The van der Waals surface area contributed by atoms with Gasteiger partial charge in [-0.3, -0.25) is 14.5 Å². The zero-order valence-corrected chi connectivity index (χ0v) is 14.2. The number of nitrogens with one attached hydrogen (secondary N) is 2. The minimum Gasteiger partial charge on any atom is -0.322 e. The van der Waals surface area contributed by atoms with Crippen LogP contribution in [0, 0.1) is 5.82 Å². The van der Waals surface area contributed by atoms with Crippen LogP contribution in [-0.2, 0) is 10.0 Å². The summed E-state index contributed by atoms with van der Waals surface area (Å²) in [6.45, 7) is 0. The molecule has 0 atom stereocenters. The molecule has 0 saturated heterocycles. The van der Waals surface area contributed by atoms with E-state index in [4.69, 9.17) is 0 Å². The minimum absolute atomic E-state index is 0.103. The van der Waals surface area contributed by atoms with Gasteiger partial charge in [0.25, 0.3) is 15.9 Å². The molecule has 0 fully saturated rings. The van der Waals surface area contributed by atoms with E-state index in [9.17, 15) is 17.6 Å². The number of halogens is 1. The van der Waals surface area contributed by atoms with E-state index in [1.807, 2.05) is 0 Å². The molecule has 132 valence electrons. The van der Waals surface area contributed by atoms with Crippen molar-refractivity contribution in [3.05, 3.63) is 84.4 Å². The van der Waals surface area contributed by atoms with Crippen LogP contribution >= 0.6 is 0 Å². The summed E-state index contributed by atoms with van der Waals surface area (Å²) in [5, 5.41) is 2.61. The van der Waals surface area contributed by atoms with Gasteiger partial charge in [0, 0.05) is 23.6 Å². The lowest BCUT2D eigenvalue weighted by Crippen LogP contribution is -2.15. The van der Waals surface area contributed by atoms with Gasteiger partial charge in [-0.15, -0.1) is 0 Å². The largest absolute Gasteiger partial charge is 0.322 e. The molecule has 1 aromatic heterocycles. The third-order valence-corrected chi connectivity index (χ3v) is 4.83. The van der Waals surface area contributed by atoms with E-state index >= 15 is 0 Å². The van der Waals surface area contributed by atoms with Crippen molar-refractivity contribution in [2.24, 2.45) is 0 Å². The Balaban J connectivity index is 1.82. The maximum Gasteiger partial charge on any atom is 0.262 e. The molecule has 6 nitrogen and oxygen atoms in total. The topological polar surface area (TPSA) is 88.2 Å². The van der Waals surface area contributed by atoms with Crippen LogP contribution in [0.5, 0.6) is 0 Å². The van der Waals surface area contributed by atoms with Crippen molar-refractivity contribution < 1.29 is 17.6 Å². The van der Waals surface area contributed by atoms with Gasteiger partial charge in [-0.05, 0) is 42.5 Å². The van der Waals surface area contributed by atoms with Crippen molar-refractivity contribution in [1.29, 1.82) is 0 Å². The van der Waals surface area contributed by atoms with Crippen LogP contribution in [0.2, 0.25) is 0 Å². The molecule has 0 saturated carbocycles. The summed E-state index contributed by atoms with van der Waals surface area (Å²) >= 11 is 0. The second kappa shape index (κ2) is 7.32. The van der Waals surface area contributed by atoms with Gasteiger partial charge in [-0.25, -0.2) is 12.8 Å². The molecule has 0 aliphatic carbocycles. The van der Waals surface area contributed by atoms with Gasteiger partial charge in [0.1, 0.15) is 5.82 Å². The minimum atomic E-state index is -4.01. The Morgan fingerprint density at radius 1 is 0.962 bits per heavy atom. The van der Waals surface area contributed by atoms with Gasteiger partial charge in [0.15, 0.2) is 0 Å². The SMILES string of the molecule is O=C(Nc1cccc(S(=O)(=O)Nc2ccccc2F)c1)c1ccncc1. The van der Waals surface area contributed by atoms with Crippen LogP contribution in [0.15, 0.2) is 78.0 Å². The number of amides is 1. The normalized spacial score (nSPS) is 11.0. The predicted octanol–water partition coefficient (Wildman–Crippen LogP) is 3.27. The van der Waals surface area contributed by atoms with Crippen LogP contribution in [-0.4, -0.2) is 19.3 Å². The molecule has 2 aromatic carbocycles. The highest BCUT2D eigenvalue weighted by molar-refractivity contribution is 7.92. The summed E-state index contributed by atoms with van der Waals surface area (Å²) in [6, 6.07) is 14.2. The highest BCUT2D eigenvalue weighted by Gasteiger charge is 2.17. The van der Waals surface area contributed by atoms with E-state index in [1.54, 1.807) is 6.07 Å². The molecule has 3 rings (SSSR count). The van der Waals surface area contributed by atoms with Crippen molar-refractivity contribution in [2.75, 3.05) is 10.0 Å². The average molecular weight is 371 g/mol. The first-order valence-electron chi connectivity index (χ1n) is 7.54. The number of nitrogens with zero attached hydrogens (tertiary/aromatic N) is 1. The Morgan fingerprint density at radius 2 is 1.69 bits per heavy atom. The fourth-order valence-electron chi connectivity index (χ4n) is 2.20. The standard InChI is InChI=1S/C18H14FN3O3S/c19-16-6-1-2-7-17(16)22-26(24,25)15-5-3-4-14(12-15)21-18(23)13-8-10-20-11-9-13/h1-12,22H,(H,21,23). The molecule has 26 heavy (non-hydrogen) atoms. The summed E-state index contributed by atoms with van der Waals surface area (Å²) in [5.74, 6) is -1.08. The van der Waals surface area contributed by atoms with E-state index in [2.05, 4.69) is 15.0 Å². The molecule has 3 aromatic rings. The summed E-state index contributed by atoms with van der Waals surface area (Å²) < 4.78 is 40.8. The molecule has 0 spiro atoms. The third-order valence-electron chi connectivity index (χ3n) is 3.46. The number of anilines is 2. The molecule has 1 heterocycles. The highest BCUT2D eigenvalue weighted by Crippen LogP contribution is 2.21. The molecule has 0 unspecified atom stereocenters. The second-order valence-corrected chi connectivity index (χ2v) is 6.99. The van der Waals surface area contributed by atoms with Gasteiger partial charge in [-0.1, -0.05) is 18.2 Å². The summed E-state index contributed by atoms with van der Waals surface area (Å²) in [5.41, 5.74) is 0.527. The van der Waals surface area contributed by atoms with Crippen LogP contribution in [0.25, 0.3) is 0 Å². The van der Waals surface area contributed by atoms with E-state index < -0.39 is 21.7 Å². The molecule has 0 radical (unpaired) electrons. The lowest BCUT2D eigenvalue weighted by molar-refractivity contribution is 0.102. The third kappa shape index (κ3) is 4.04. The van der Waals surface area contributed by atoms with Crippen molar-refractivity contribution >= 4 is 27.3 Å². The average Bonchev–Trinajstić information content (AvgIpc) is 2.64. The van der Waals surface area contributed by atoms with Gasteiger partial charge >= 0.3 is 0 Å². The van der Waals surface area contributed by atoms with Gasteiger partial charge in [-0.2, -0.15) is 0 Å². The first-order chi connectivity index (χ1) is 12.5. The number of aromatic nitrogens is 1. The molecular weight excluding hydrogens is 357 g/mol. The van der Waals surface area contributed by atoms with E-state index in [0.717, 1.165) is 6.07 Å². The summed E-state index contributed by atoms with van der Waals surface area (Å²) in [4.78, 5) is 15.9. The molecular formula is C18H14FN3O3S. The van der Waals surface area contributed by atoms with Gasteiger partial charge in [0.2, 0.25) is 0 Å². The Kier molecular flexibility index (Phi) is 4.94. The van der Waals surface area contributed by atoms with Gasteiger partial charge in [0.05, 0.1) is 10.6 Å². The van der Waals surface area contributed by atoms with Crippen LogP contribution in [0.1, 0.15) is 10.4 Å². The number of sulfonamides is 1. The quantitative estimate of drug-likeness (QED) is 0.720. The highest BCUT2D eigenvalue weighted by atomic mass is 32.2. The second-order valence-electron chi connectivity index (χ2n) is 5.30. The van der Waals surface area contributed by atoms with Crippen molar-refractivity contribution in [1.82, 2.24) is 4.98 Å². The number of rotatable bonds is 5. The number of hydrogen-bond donors (Lipinski definition) is 2. The number of pyridine rings is 1. The van der Waals surface area contributed by atoms with Crippen LogP contribution in [0.4, 0.5) is 15.8 Å². The van der Waals surface area contributed by atoms with Crippen molar-refractivity contribution in [3.8, 4) is 0 Å². The Bertz CT molecular complexity index is 1040. The number of benzene rings is 2. The number of carbonyl (C=O) groups is 1. The first kappa shape index (κ1) is 17.6. The monoisotopic (exact) mass is 371 g/mol. The summed E-state index contributed by atoms with van der Waals surface area (Å²) in [7, 11) is -4.01. The van der Waals surface area contributed by atoms with Crippen molar-refractivity contribution in [2.45, 2.75) is 4.90 Å². The molecule has 8 heteroatoms. The van der Waals surface area contributed by atoms with Crippen molar-refractivity contribution in [3.63, 3.8) is 0 Å². The molecule has 0 aliphatic heterocycles. The molecule has 0 bridgehead atoms. The van der Waals surface area contributed by atoms with Crippen LogP contribution in [0.3, 0.4) is 0 Å². The maximum absolute atomic E-state index is 13.7. The molecule has 2 N–H and O–H groups in total. The fraction of sp³-hybridized carbons (Fsp3) is 0. The van der Waals surface area contributed by atoms with Gasteiger partial charge < -0.3 is 5.32 Å². The number of carbonyl (C=O) groups excluding carboxylic acids is 1. The lowest BCUT2D eigenvalue weighted by atomic mass is 10.2. The fourth-order valence-corrected chi connectivity index (χ4v) is 3.31. The number of hydrogen-bond acceptors (Lipinski definition) is 4. The Hall–Kier alpha value is -3.26. The van der Waals surface area contributed by atoms with Crippen LogP contribution < -0.4 is 10.0 Å². The summed E-state index contributed by atoms with van der Waals surface area (Å²) in [6.07, 6.45) is 2.96. The van der Waals surface area contributed by atoms with E-state index in [1.165, 1.54) is 60.9 Å². The molecule has 1 amide bonds. The first-order valence-corrected chi connectivity index (χ1v) is 9.03. The lowest BCUT2D eigenvalue weighted by Gasteiger charge is -2.11. The maximum atomic E-state index is 13.7. The zero-order valence-electron chi connectivity index (χ0n) is 13.4. The predicted molar refractivity (Wildman–Crippen MR) is 95.8 cm³/mol. The smallest absolute Gasteiger partial charge is 0.262 e. The van der Waals surface area contributed by atoms with E-state index in [-0.39, 0.29) is 10.6 Å². The van der Waals surface area contributed by atoms with E-state index in [0.29, 0.717) is 11.3 Å². The zero-order chi connectivity index (χ0) is 18.6. The molecule has 0 aliphatic rings. The Morgan fingerprint density at radius 3 is 2.42 bits per heavy atom. The number of para-hydroxylation sites is 1. The Labute approximate surface area is 149 Å².